The van der Waals surface area contributed by atoms with Crippen LogP contribution in [0.2, 0.25) is 0 Å². The lowest BCUT2D eigenvalue weighted by atomic mass is 9.65. The molecule has 3 aliphatic carbocycles. The predicted octanol–water partition coefficient (Wildman–Crippen LogP) is 5.42. The summed E-state index contributed by atoms with van der Waals surface area (Å²) < 4.78 is 0. The van der Waals surface area contributed by atoms with Crippen molar-refractivity contribution in [2.75, 3.05) is 6.61 Å². The molecule has 3 saturated carbocycles. The second kappa shape index (κ2) is 7.49. The molecule has 0 unspecified atom stereocenters. The molecule has 0 heterocycles. The molecule has 0 saturated heterocycles. The molecule has 0 atom stereocenters. The molecular formula is C20H36O. The van der Waals surface area contributed by atoms with E-state index in [0.29, 0.717) is 12.5 Å². The summed E-state index contributed by atoms with van der Waals surface area (Å²) in [7, 11) is 0. The van der Waals surface area contributed by atoms with E-state index in [2.05, 4.69) is 6.92 Å². The van der Waals surface area contributed by atoms with Gasteiger partial charge in [0.2, 0.25) is 0 Å². The van der Waals surface area contributed by atoms with Gasteiger partial charge in [0.15, 0.2) is 0 Å². The van der Waals surface area contributed by atoms with E-state index < -0.39 is 0 Å². The van der Waals surface area contributed by atoms with Crippen molar-refractivity contribution in [1.29, 1.82) is 0 Å². The minimum absolute atomic E-state index is 0.430. The average molecular weight is 293 g/mol. The minimum atomic E-state index is 0.430. The van der Waals surface area contributed by atoms with Gasteiger partial charge < -0.3 is 5.11 Å². The topological polar surface area (TPSA) is 20.2 Å². The van der Waals surface area contributed by atoms with Crippen molar-refractivity contribution in [3.63, 3.8) is 0 Å². The molecule has 0 aromatic carbocycles. The van der Waals surface area contributed by atoms with Gasteiger partial charge in [-0.1, -0.05) is 19.8 Å². The van der Waals surface area contributed by atoms with E-state index in [0.717, 1.165) is 29.6 Å². The fourth-order valence-corrected chi connectivity index (χ4v) is 5.69. The van der Waals surface area contributed by atoms with Gasteiger partial charge in [-0.25, -0.2) is 0 Å². The van der Waals surface area contributed by atoms with Gasteiger partial charge in [0.1, 0.15) is 0 Å². The summed E-state index contributed by atoms with van der Waals surface area (Å²) in [6, 6.07) is 0. The van der Waals surface area contributed by atoms with Crippen molar-refractivity contribution in [3.05, 3.63) is 0 Å². The Bertz CT molecular complexity index is 289. The summed E-state index contributed by atoms with van der Waals surface area (Å²) in [5.41, 5.74) is 0. The van der Waals surface area contributed by atoms with E-state index in [9.17, 15) is 5.11 Å². The first kappa shape index (κ1) is 15.8. The molecule has 0 aliphatic heterocycles. The quantitative estimate of drug-likeness (QED) is 0.736. The van der Waals surface area contributed by atoms with Gasteiger partial charge in [-0.05, 0) is 99.7 Å². The second-order valence-electron chi connectivity index (χ2n) is 8.66. The molecule has 1 heteroatoms. The van der Waals surface area contributed by atoms with Crippen molar-refractivity contribution in [2.45, 2.75) is 84.0 Å². The molecule has 21 heavy (non-hydrogen) atoms. The fourth-order valence-electron chi connectivity index (χ4n) is 5.69. The maximum absolute atomic E-state index is 9.29. The van der Waals surface area contributed by atoms with Gasteiger partial charge >= 0.3 is 0 Å². The Morgan fingerprint density at radius 2 is 0.905 bits per heavy atom. The smallest absolute Gasteiger partial charge is 0.0459 e. The molecule has 0 spiro atoms. The highest BCUT2D eigenvalue weighted by Gasteiger charge is 2.34. The van der Waals surface area contributed by atoms with Crippen LogP contribution in [0.3, 0.4) is 0 Å². The van der Waals surface area contributed by atoms with Gasteiger partial charge in [0.05, 0.1) is 0 Å². The largest absolute Gasteiger partial charge is 0.396 e. The molecule has 0 aromatic rings. The van der Waals surface area contributed by atoms with Gasteiger partial charge in [0.25, 0.3) is 0 Å². The Balaban J connectivity index is 1.41. The molecule has 122 valence electrons. The summed E-state index contributed by atoms with van der Waals surface area (Å²) in [6.07, 6.45) is 17.5. The third kappa shape index (κ3) is 4.03. The summed E-state index contributed by atoms with van der Waals surface area (Å²) in [5.74, 6) is 5.81. The highest BCUT2D eigenvalue weighted by molar-refractivity contribution is 4.85. The number of aliphatic hydroxyl groups is 1. The van der Waals surface area contributed by atoms with Gasteiger partial charge in [-0.15, -0.1) is 0 Å². The van der Waals surface area contributed by atoms with Crippen molar-refractivity contribution in [3.8, 4) is 0 Å². The summed E-state index contributed by atoms with van der Waals surface area (Å²) in [6.45, 7) is 2.87. The van der Waals surface area contributed by atoms with E-state index in [-0.39, 0.29) is 0 Å². The van der Waals surface area contributed by atoms with Crippen LogP contribution in [0.15, 0.2) is 0 Å². The average Bonchev–Trinajstić information content (AvgIpc) is 2.56. The van der Waals surface area contributed by atoms with Crippen molar-refractivity contribution in [2.24, 2.45) is 35.5 Å². The fraction of sp³-hybridized carbons (Fsp3) is 1.00. The molecule has 1 nitrogen and oxygen atoms in total. The molecule has 0 radical (unpaired) electrons. The highest BCUT2D eigenvalue weighted by atomic mass is 16.3. The van der Waals surface area contributed by atoms with Crippen LogP contribution in [0.4, 0.5) is 0 Å². The zero-order chi connectivity index (χ0) is 14.7. The van der Waals surface area contributed by atoms with Crippen molar-refractivity contribution >= 4 is 0 Å². The maximum Gasteiger partial charge on any atom is 0.0459 e. The van der Waals surface area contributed by atoms with Gasteiger partial charge in [-0.3, -0.25) is 0 Å². The van der Waals surface area contributed by atoms with Crippen LogP contribution >= 0.6 is 0 Å². The summed E-state index contributed by atoms with van der Waals surface area (Å²) in [5, 5.41) is 9.29. The van der Waals surface area contributed by atoms with E-state index >= 15 is 0 Å². The van der Waals surface area contributed by atoms with Crippen LogP contribution in [-0.4, -0.2) is 11.7 Å². The van der Waals surface area contributed by atoms with E-state index in [4.69, 9.17) is 0 Å². The second-order valence-corrected chi connectivity index (χ2v) is 8.66. The standard InChI is InChI=1S/C20H36O/c1-15-2-6-17(7-3-15)19-10-12-20(13-11-19)18-8-4-16(14-21)5-9-18/h15-21H,2-14H2,1H3. The van der Waals surface area contributed by atoms with E-state index in [1.807, 2.05) is 0 Å². The summed E-state index contributed by atoms with van der Waals surface area (Å²) >= 11 is 0. The van der Waals surface area contributed by atoms with Gasteiger partial charge in [0, 0.05) is 6.61 Å². The van der Waals surface area contributed by atoms with Crippen molar-refractivity contribution in [1.82, 2.24) is 0 Å². The Labute approximate surface area is 131 Å². The number of aliphatic hydroxyl groups excluding tert-OH is 1. The monoisotopic (exact) mass is 292 g/mol. The zero-order valence-corrected chi connectivity index (χ0v) is 14.1. The predicted molar refractivity (Wildman–Crippen MR) is 89.1 cm³/mol. The number of hydrogen-bond donors (Lipinski definition) is 1. The van der Waals surface area contributed by atoms with Crippen LogP contribution in [0.5, 0.6) is 0 Å². The Kier molecular flexibility index (Phi) is 5.65. The van der Waals surface area contributed by atoms with Crippen LogP contribution in [0.25, 0.3) is 0 Å². The summed E-state index contributed by atoms with van der Waals surface area (Å²) in [4.78, 5) is 0. The molecule has 3 rings (SSSR count). The lowest BCUT2D eigenvalue weighted by Crippen LogP contribution is -2.30. The van der Waals surface area contributed by atoms with Crippen molar-refractivity contribution < 1.29 is 5.11 Å². The first-order valence-corrected chi connectivity index (χ1v) is 9.87. The Morgan fingerprint density at radius 3 is 1.29 bits per heavy atom. The zero-order valence-electron chi connectivity index (χ0n) is 14.1. The first-order valence-electron chi connectivity index (χ1n) is 9.87. The van der Waals surface area contributed by atoms with Crippen LogP contribution < -0.4 is 0 Å². The lowest BCUT2D eigenvalue weighted by Gasteiger charge is -2.41. The van der Waals surface area contributed by atoms with Crippen LogP contribution in [-0.2, 0) is 0 Å². The minimum Gasteiger partial charge on any atom is -0.396 e. The van der Waals surface area contributed by atoms with E-state index in [1.54, 1.807) is 0 Å². The maximum atomic E-state index is 9.29. The van der Waals surface area contributed by atoms with Crippen LogP contribution in [0.1, 0.15) is 84.0 Å². The third-order valence-corrected chi connectivity index (χ3v) is 7.36. The molecule has 0 amide bonds. The molecule has 3 fully saturated rings. The Morgan fingerprint density at radius 1 is 0.571 bits per heavy atom. The Hall–Kier alpha value is -0.0400. The molecule has 1 N–H and O–H groups in total. The molecule has 3 aliphatic rings. The number of rotatable bonds is 3. The van der Waals surface area contributed by atoms with Gasteiger partial charge in [-0.2, -0.15) is 0 Å². The third-order valence-electron chi connectivity index (χ3n) is 7.36. The molecule has 0 bridgehead atoms. The number of hydrogen-bond acceptors (Lipinski definition) is 1. The SMILES string of the molecule is CC1CCC(C2CCC(C3CCC(CO)CC3)CC2)CC1. The normalized spacial score (nSPS) is 45.4. The lowest BCUT2D eigenvalue weighted by molar-refractivity contribution is 0.0940. The highest BCUT2D eigenvalue weighted by Crippen LogP contribution is 2.45. The van der Waals surface area contributed by atoms with E-state index in [1.165, 1.54) is 77.0 Å². The molecular weight excluding hydrogens is 256 g/mol. The van der Waals surface area contributed by atoms with Crippen LogP contribution in [0, 0.1) is 35.5 Å². The first-order chi connectivity index (χ1) is 10.3. The molecule has 0 aromatic heterocycles.